The SMILES string of the molecule is COc1ccc(Cc2nc(CO)n3c2cnc2[nH]ccc23)cc1. The molecule has 0 amide bonds. The Morgan fingerprint density at radius 2 is 2.00 bits per heavy atom. The molecule has 0 unspecified atom stereocenters. The standard InChI is InChI=1S/C17H16N4O2/c1-23-12-4-2-11(3-5-12)8-13-15-9-19-17-14(6-7-18-17)21(15)16(10-22)20-13/h2-7,9,18,22H,8,10H2,1H3. The summed E-state index contributed by atoms with van der Waals surface area (Å²) in [4.78, 5) is 12.1. The van der Waals surface area contributed by atoms with Crippen molar-refractivity contribution < 1.29 is 9.84 Å². The molecule has 3 heterocycles. The van der Waals surface area contributed by atoms with Gasteiger partial charge < -0.3 is 14.8 Å². The van der Waals surface area contributed by atoms with E-state index in [0.717, 1.165) is 33.7 Å². The lowest BCUT2D eigenvalue weighted by atomic mass is 10.1. The first-order valence-electron chi connectivity index (χ1n) is 7.36. The third-order valence-corrected chi connectivity index (χ3v) is 3.99. The van der Waals surface area contributed by atoms with Crippen molar-refractivity contribution in [3.8, 4) is 5.75 Å². The van der Waals surface area contributed by atoms with E-state index in [4.69, 9.17) is 4.74 Å². The van der Waals surface area contributed by atoms with E-state index in [0.29, 0.717) is 12.2 Å². The van der Waals surface area contributed by atoms with E-state index in [2.05, 4.69) is 15.0 Å². The molecule has 23 heavy (non-hydrogen) atoms. The normalized spacial score (nSPS) is 11.4. The first-order valence-corrected chi connectivity index (χ1v) is 7.36. The number of nitrogens with one attached hydrogen (secondary N) is 1. The van der Waals surface area contributed by atoms with E-state index in [9.17, 15) is 5.11 Å². The molecule has 2 N–H and O–H groups in total. The third kappa shape index (κ3) is 2.24. The van der Waals surface area contributed by atoms with Gasteiger partial charge in [0.25, 0.3) is 0 Å². The second kappa shape index (κ2) is 5.40. The maximum Gasteiger partial charge on any atom is 0.154 e. The monoisotopic (exact) mass is 308 g/mol. The van der Waals surface area contributed by atoms with Crippen LogP contribution < -0.4 is 4.74 Å². The first-order chi connectivity index (χ1) is 11.3. The summed E-state index contributed by atoms with van der Waals surface area (Å²) in [6.07, 6.45) is 4.30. The van der Waals surface area contributed by atoms with Gasteiger partial charge in [-0.1, -0.05) is 12.1 Å². The number of aromatic amines is 1. The molecule has 116 valence electrons. The zero-order valence-electron chi connectivity index (χ0n) is 12.7. The van der Waals surface area contributed by atoms with Crippen LogP contribution in [0.4, 0.5) is 0 Å². The predicted octanol–water partition coefficient (Wildman–Crippen LogP) is 2.30. The molecule has 0 saturated carbocycles. The van der Waals surface area contributed by atoms with Gasteiger partial charge >= 0.3 is 0 Å². The molecule has 0 bridgehead atoms. The maximum atomic E-state index is 9.65. The molecule has 3 aromatic heterocycles. The number of nitrogens with zero attached hydrogens (tertiary/aromatic N) is 3. The molecule has 0 atom stereocenters. The number of H-pyrrole nitrogens is 1. The van der Waals surface area contributed by atoms with Crippen LogP contribution in [-0.4, -0.2) is 31.6 Å². The summed E-state index contributed by atoms with van der Waals surface area (Å²) < 4.78 is 7.14. The molecule has 0 saturated heterocycles. The van der Waals surface area contributed by atoms with Crippen LogP contribution in [0, 0.1) is 0 Å². The van der Waals surface area contributed by atoms with Gasteiger partial charge in [-0.15, -0.1) is 0 Å². The van der Waals surface area contributed by atoms with Gasteiger partial charge in [-0.25, -0.2) is 9.97 Å². The lowest BCUT2D eigenvalue weighted by molar-refractivity contribution is 0.271. The van der Waals surface area contributed by atoms with Crippen LogP contribution in [0.3, 0.4) is 0 Å². The maximum absolute atomic E-state index is 9.65. The number of aliphatic hydroxyl groups is 1. The molecule has 4 aromatic rings. The van der Waals surface area contributed by atoms with Crippen molar-refractivity contribution in [2.45, 2.75) is 13.0 Å². The number of hydrogen-bond donors (Lipinski definition) is 2. The minimum atomic E-state index is -0.117. The van der Waals surface area contributed by atoms with Gasteiger partial charge in [0.05, 0.1) is 30.0 Å². The zero-order chi connectivity index (χ0) is 15.8. The molecule has 0 radical (unpaired) electrons. The lowest BCUT2D eigenvalue weighted by Crippen LogP contribution is -1.95. The molecule has 0 aliphatic rings. The summed E-state index contributed by atoms with van der Waals surface area (Å²) in [5, 5.41) is 9.65. The Hall–Kier alpha value is -2.86. The summed E-state index contributed by atoms with van der Waals surface area (Å²) in [6.45, 7) is -0.117. The summed E-state index contributed by atoms with van der Waals surface area (Å²) in [7, 11) is 1.65. The summed E-state index contributed by atoms with van der Waals surface area (Å²) >= 11 is 0. The molecule has 0 aliphatic carbocycles. The molecular weight excluding hydrogens is 292 g/mol. The number of imidazole rings is 1. The number of aliphatic hydroxyl groups excluding tert-OH is 1. The van der Waals surface area contributed by atoms with Gasteiger partial charge in [0.2, 0.25) is 0 Å². The Morgan fingerprint density at radius 1 is 1.17 bits per heavy atom. The first kappa shape index (κ1) is 13.8. The quantitative estimate of drug-likeness (QED) is 0.606. The smallest absolute Gasteiger partial charge is 0.154 e. The van der Waals surface area contributed by atoms with E-state index < -0.39 is 0 Å². The Morgan fingerprint density at radius 3 is 2.74 bits per heavy atom. The molecule has 0 fully saturated rings. The predicted molar refractivity (Wildman–Crippen MR) is 86.6 cm³/mol. The Bertz CT molecular complexity index is 970. The molecule has 4 rings (SSSR count). The fourth-order valence-electron chi connectivity index (χ4n) is 2.87. The van der Waals surface area contributed by atoms with Gasteiger partial charge in [0.15, 0.2) is 5.65 Å². The molecule has 0 aliphatic heterocycles. The van der Waals surface area contributed by atoms with Crippen LogP contribution in [0.15, 0.2) is 42.7 Å². The third-order valence-electron chi connectivity index (χ3n) is 3.99. The number of ether oxygens (including phenoxy) is 1. The largest absolute Gasteiger partial charge is 0.497 e. The van der Waals surface area contributed by atoms with Crippen LogP contribution >= 0.6 is 0 Å². The summed E-state index contributed by atoms with van der Waals surface area (Å²) in [5.74, 6) is 1.45. The number of benzene rings is 1. The molecule has 6 nitrogen and oxygen atoms in total. The minimum absolute atomic E-state index is 0.117. The van der Waals surface area contributed by atoms with Crippen LogP contribution in [0.1, 0.15) is 17.1 Å². The highest BCUT2D eigenvalue weighted by molar-refractivity contribution is 5.76. The highest BCUT2D eigenvalue weighted by atomic mass is 16.5. The number of fused-ring (bicyclic) bond motifs is 3. The Labute approximate surface area is 132 Å². The summed E-state index contributed by atoms with van der Waals surface area (Å²) in [6, 6.07) is 9.84. The van der Waals surface area contributed by atoms with Crippen LogP contribution in [0.5, 0.6) is 5.75 Å². The highest BCUT2D eigenvalue weighted by Crippen LogP contribution is 2.22. The molecule has 6 heteroatoms. The van der Waals surface area contributed by atoms with Crippen molar-refractivity contribution in [2.24, 2.45) is 0 Å². The fraction of sp³-hybridized carbons (Fsp3) is 0.176. The van der Waals surface area contributed by atoms with E-state index in [1.807, 2.05) is 40.9 Å². The Kier molecular flexibility index (Phi) is 3.24. The number of methoxy groups -OCH3 is 1. The molecule has 0 spiro atoms. The van der Waals surface area contributed by atoms with Crippen LogP contribution in [0.25, 0.3) is 16.7 Å². The van der Waals surface area contributed by atoms with Crippen molar-refractivity contribution in [3.05, 3.63) is 59.8 Å². The second-order valence-electron chi connectivity index (χ2n) is 5.35. The lowest BCUT2D eigenvalue weighted by Gasteiger charge is -2.03. The number of hydrogen-bond acceptors (Lipinski definition) is 4. The Balaban J connectivity index is 1.83. The highest BCUT2D eigenvalue weighted by Gasteiger charge is 2.14. The van der Waals surface area contributed by atoms with Gasteiger partial charge in [-0.2, -0.15) is 0 Å². The van der Waals surface area contributed by atoms with Crippen molar-refractivity contribution >= 4 is 16.7 Å². The van der Waals surface area contributed by atoms with Gasteiger partial charge in [0, 0.05) is 12.6 Å². The fourth-order valence-corrected chi connectivity index (χ4v) is 2.87. The summed E-state index contributed by atoms with van der Waals surface area (Å²) in [5.41, 5.74) is 4.64. The van der Waals surface area contributed by atoms with E-state index in [1.165, 1.54) is 0 Å². The van der Waals surface area contributed by atoms with Crippen molar-refractivity contribution in [1.82, 2.24) is 19.4 Å². The minimum Gasteiger partial charge on any atom is -0.497 e. The zero-order valence-corrected chi connectivity index (χ0v) is 12.7. The molecular formula is C17H16N4O2. The topological polar surface area (TPSA) is 75.4 Å². The van der Waals surface area contributed by atoms with Gasteiger partial charge in [-0.3, -0.25) is 4.40 Å². The van der Waals surface area contributed by atoms with Gasteiger partial charge in [0.1, 0.15) is 18.2 Å². The van der Waals surface area contributed by atoms with E-state index in [1.54, 1.807) is 13.3 Å². The average Bonchev–Trinajstić information content (AvgIpc) is 3.19. The van der Waals surface area contributed by atoms with Crippen molar-refractivity contribution in [1.29, 1.82) is 0 Å². The van der Waals surface area contributed by atoms with Crippen molar-refractivity contribution in [2.75, 3.05) is 7.11 Å². The van der Waals surface area contributed by atoms with E-state index in [-0.39, 0.29) is 6.61 Å². The number of aromatic nitrogens is 4. The molecule has 1 aromatic carbocycles. The number of rotatable bonds is 4. The van der Waals surface area contributed by atoms with Gasteiger partial charge in [-0.05, 0) is 23.8 Å². The second-order valence-corrected chi connectivity index (χ2v) is 5.35. The van der Waals surface area contributed by atoms with E-state index >= 15 is 0 Å². The van der Waals surface area contributed by atoms with Crippen molar-refractivity contribution in [3.63, 3.8) is 0 Å². The van der Waals surface area contributed by atoms with Crippen LogP contribution in [-0.2, 0) is 13.0 Å². The average molecular weight is 308 g/mol. The van der Waals surface area contributed by atoms with Crippen LogP contribution in [0.2, 0.25) is 0 Å².